The summed E-state index contributed by atoms with van der Waals surface area (Å²) in [7, 11) is 0. The monoisotopic (exact) mass is 392 g/mol. The van der Waals surface area contributed by atoms with E-state index in [9.17, 15) is 14.7 Å². The second kappa shape index (κ2) is 11.2. The summed E-state index contributed by atoms with van der Waals surface area (Å²) in [6.45, 7) is 3.54. The predicted octanol–water partition coefficient (Wildman–Crippen LogP) is 4.07. The maximum Gasteiger partial charge on any atom is 0.320 e. The number of carboxylic acids is 1. The number of hydrogen-bond donors (Lipinski definition) is 3. The molecule has 3 N–H and O–H groups in total. The molecular formula is C20H25ClN2O4. The van der Waals surface area contributed by atoms with Crippen LogP contribution in [0.25, 0.3) is 0 Å². The number of carboxylic acid groups (broad SMARTS) is 1. The Morgan fingerprint density at radius 3 is 2.33 bits per heavy atom. The summed E-state index contributed by atoms with van der Waals surface area (Å²) >= 11 is 0. The number of rotatable bonds is 9. The number of benzene rings is 2. The van der Waals surface area contributed by atoms with E-state index in [0.29, 0.717) is 30.0 Å². The van der Waals surface area contributed by atoms with E-state index in [1.54, 1.807) is 25.1 Å². The molecule has 2 aromatic carbocycles. The molecule has 7 heteroatoms. The highest BCUT2D eigenvalue weighted by Gasteiger charge is 2.23. The fraction of sp³-hybridized carbons (Fsp3) is 0.300. The van der Waals surface area contributed by atoms with Gasteiger partial charge in [-0.25, -0.2) is 0 Å². The number of amides is 1. The van der Waals surface area contributed by atoms with Crippen LogP contribution >= 0.6 is 12.4 Å². The molecular weight excluding hydrogens is 368 g/mol. The van der Waals surface area contributed by atoms with E-state index in [1.807, 2.05) is 43.3 Å². The van der Waals surface area contributed by atoms with Crippen LogP contribution < -0.4 is 15.4 Å². The maximum atomic E-state index is 12.5. The molecule has 0 saturated carbocycles. The second-order valence-electron chi connectivity index (χ2n) is 5.97. The third kappa shape index (κ3) is 6.92. The van der Waals surface area contributed by atoms with E-state index in [-0.39, 0.29) is 18.3 Å². The molecule has 0 saturated heterocycles. The summed E-state index contributed by atoms with van der Waals surface area (Å²) in [6, 6.07) is 15.0. The number of carbonyl (C=O) groups excluding carboxylic acids is 1. The number of hydrogen-bond acceptors (Lipinski definition) is 4. The molecule has 0 aromatic heterocycles. The molecule has 0 aliphatic rings. The fourth-order valence-electron chi connectivity index (χ4n) is 2.46. The van der Waals surface area contributed by atoms with Gasteiger partial charge in [0.2, 0.25) is 5.91 Å². The Bertz CT molecular complexity index is 740. The number of aliphatic carboxylic acids is 1. The molecule has 0 fully saturated rings. The number of ether oxygens (including phenoxy) is 1. The van der Waals surface area contributed by atoms with Gasteiger partial charge in [-0.1, -0.05) is 43.7 Å². The van der Waals surface area contributed by atoms with Crippen molar-refractivity contribution < 1.29 is 19.4 Å². The lowest BCUT2D eigenvalue weighted by Gasteiger charge is -2.20. The van der Waals surface area contributed by atoms with Crippen molar-refractivity contribution in [2.75, 3.05) is 5.32 Å². The summed E-state index contributed by atoms with van der Waals surface area (Å²) < 4.78 is 5.82. The van der Waals surface area contributed by atoms with E-state index < -0.39 is 18.1 Å². The number of para-hydroxylation sites is 3. The predicted molar refractivity (Wildman–Crippen MR) is 108 cm³/mol. The molecule has 0 spiro atoms. The SMILES string of the molecule is CCCC(NC(C)C(=O)Nc1ccccc1Oc1ccccc1)C(=O)O.Cl. The van der Waals surface area contributed by atoms with Gasteiger partial charge in [0.05, 0.1) is 11.7 Å². The van der Waals surface area contributed by atoms with Crippen LogP contribution in [0.4, 0.5) is 5.69 Å². The third-order valence-corrected chi connectivity index (χ3v) is 3.84. The van der Waals surface area contributed by atoms with Gasteiger partial charge >= 0.3 is 5.97 Å². The molecule has 0 bridgehead atoms. The van der Waals surface area contributed by atoms with Gasteiger partial charge in [-0.3, -0.25) is 14.9 Å². The Kier molecular flexibility index (Phi) is 9.33. The highest BCUT2D eigenvalue weighted by Crippen LogP contribution is 2.29. The zero-order valence-corrected chi connectivity index (χ0v) is 16.2. The molecule has 2 aromatic rings. The van der Waals surface area contributed by atoms with Gasteiger partial charge in [-0.2, -0.15) is 0 Å². The van der Waals surface area contributed by atoms with Crippen LogP contribution in [0.15, 0.2) is 54.6 Å². The first kappa shape index (κ1) is 22.5. The number of anilines is 1. The van der Waals surface area contributed by atoms with Crippen LogP contribution in [-0.4, -0.2) is 29.1 Å². The van der Waals surface area contributed by atoms with Crippen molar-refractivity contribution in [3.05, 3.63) is 54.6 Å². The van der Waals surface area contributed by atoms with Gasteiger partial charge in [-0.15, -0.1) is 12.4 Å². The molecule has 0 heterocycles. The Balaban J connectivity index is 0.00000364. The second-order valence-corrected chi connectivity index (χ2v) is 5.97. The highest BCUT2D eigenvalue weighted by molar-refractivity contribution is 5.96. The lowest BCUT2D eigenvalue weighted by molar-refractivity contribution is -0.140. The highest BCUT2D eigenvalue weighted by atomic mass is 35.5. The van der Waals surface area contributed by atoms with Crippen molar-refractivity contribution in [3.63, 3.8) is 0 Å². The zero-order valence-electron chi connectivity index (χ0n) is 15.3. The molecule has 0 aliphatic heterocycles. The van der Waals surface area contributed by atoms with Crippen LogP contribution in [0, 0.1) is 0 Å². The van der Waals surface area contributed by atoms with Gasteiger partial charge in [0.25, 0.3) is 0 Å². The van der Waals surface area contributed by atoms with Crippen molar-refractivity contribution >= 4 is 30.0 Å². The van der Waals surface area contributed by atoms with Crippen molar-refractivity contribution in [3.8, 4) is 11.5 Å². The largest absolute Gasteiger partial charge is 0.480 e. The molecule has 2 atom stereocenters. The quantitative estimate of drug-likeness (QED) is 0.598. The average molecular weight is 393 g/mol. The first-order chi connectivity index (χ1) is 12.5. The first-order valence-electron chi connectivity index (χ1n) is 8.63. The van der Waals surface area contributed by atoms with Crippen molar-refractivity contribution in [2.45, 2.75) is 38.8 Å². The van der Waals surface area contributed by atoms with Gasteiger partial charge in [0, 0.05) is 0 Å². The summed E-state index contributed by atoms with van der Waals surface area (Å²) in [4.78, 5) is 23.7. The topological polar surface area (TPSA) is 87.7 Å². The molecule has 1 amide bonds. The smallest absolute Gasteiger partial charge is 0.320 e. The summed E-state index contributed by atoms with van der Waals surface area (Å²) in [6.07, 6.45) is 1.17. The number of nitrogens with one attached hydrogen (secondary N) is 2. The minimum Gasteiger partial charge on any atom is -0.480 e. The van der Waals surface area contributed by atoms with Gasteiger partial charge < -0.3 is 15.2 Å². The Morgan fingerprint density at radius 2 is 1.70 bits per heavy atom. The number of carbonyl (C=O) groups is 2. The molecule has 2 rings (SSSR count). The Hall–Kier alpha value is -2.57. The zero-order chi connectivity index (χ0) is 18.9. The standard InChI is InChI=1S/C20H24N2O4.ClH/c1-3-9-17(20(24)25)21-14(2)19(23)22-16-12-7-8-13-18(16)26-15-10-5-4-6-11-15;/h4-8,10-14,17,21H,3,9H2,1-2H3,(H,22,23)(H,24,25);1H. The first-order valence-corrected chi connectivity index (χ1v) is 8.63. The van der Waals surface area contributed by atoms with Gasteiger partial charge in [-0.05, 0) is 37.6 Å². The van der Waals surface area contributed by atoms with E-state index >= 15 is 0 Å². The lowest BCUT2D eigenvalue weighted by atomic mass is 10.1. The van der Waals surface area contributed by atoms with E-state index in [4.69, 9.17) is 4.74 Å². The van der Waals surface area contributed by atoms with Crippen molar-refractivity contribution in [1.29, 1.82) is 0 Å². The minimum absolute atomic E-state index is 0. The lowest BCUT2D eigenvalue weighted by Crippen LogP contribution is -2.47. The van der Waals surface area contributed by atoms with Crippen LogP contribution in [0.1, 0.15) is 26.7 Å². The summed E-state index contributed by atoms with van der Waals surface area (Å²) in [5.74, 6) is -0.104. The Morgan fingerprint density at radius 1 is 1.07 bits per heavy atom. The normalized spacial score (nSPS) is 12.4. The van der Waals surface area contributed by atoms with Crippen LogP contribution in [0.5, 0.6) is 11.5 Å². The van der Waals surface area contributed by atoms with Crippen molar-refractivity contribution in [1.82, 2.24) is 5.32 Å². The van der Waals surface area contributed by atoms with E-state index in [0.717, 1.165) is 0 Å². The minimum atomic E-state index is -0.959. The van der Waals surface area contributed by atoms with Crippen LogP contribution in [-0.2, 0) is 9.59 Å². The summed E-state index contributed by atoms with van der Waals surface area (Å²) in [5.41, 5.74) is 0.525. The van der Waals surface area contributed by atoms with Crippen molar-refractivity contribution in [2.24, 2.45) is 0 Å². The molecule has 0 radical (unpaired) electrons. The fourth-order valence-corrected chi connectivity index (χ4v) is 2.46. The number of halogens is 1. The molecule has 146 valence electrons. The van der Waals surface area contributed by atoms with E-state index in [1.165, 1.54) is 0 Å². The molecule has 27 heavy (non-hydrogen) atoms. The maximum absolute atomic E-state index is 12.5. The molecule has 0 aliphatic carbocycles. The van der Waals surface area contributed by atoms with Gasteiger partial charge in [0.1, 0.15) is 11.8 Å². The average Bonchev–Trinajstić information content (AvgIpc) is 2.63. The third-order valence-electron chi connectivity index (χ3n) is 3.84. The van der Waals surface area contributed by atoms with Gasteiger partial charge in [0.15, 0.2) is 5.75 Å². The Labute approximate surface area is 165 Å². The van der Waals surface area contributed by atoms with Crippen LogP contribution in [0.2, 0.25) is 0 Å². The molecule has 2 unspecified atom stereocenters. The van der Waals surface area contributed by atoms with E-state index in [2.05, 4.69) is 10.6 Å². The molecule has 6 nitrogen and oxygen atoms in total. The summed E-state index contributed by atoms with van der Waals surface area (Å²) in [5, 5.41) is 14.9. The van der Waals surface area contributed by atoms with Crippen LogP contribution in [0.3, 0.4) is 0 Å².